The number of imide groups is 4. The highest BCUT2D eigenvalue weighted by molar-refractivity contribution is 6.31. The average Bonchev–Trinajstić information content (AvgIpc) is 2.89. The molecule has 1 spiro atoms. The lowest BCUT2D eigenvalue weighted by Crippen LogP contribution is -2.74. The number of likely N-dealkylation sites (N-methyl/N-ethyl adjacent to an activating group) is 1. The highest BCUT2D eigenvalue weighted by atomic mass is 35.5. The average molecular weight is 559 g/mol. The van der Waals surface area contributed by atoms with Crippen LogP contribution in [0.1, 0.15) is 24.5 Å². The van der Waals surface area contributed by atoms with E-state index in [1.165, 1.54) is 20.2 Å². The standard InChI is InChI=1S/C26H30N6O6.ClH/c1-5-8-32-21(34)17(20(33)27-24(32)37)12-15-6-7-18-16(11-15)13-26(19-14-28(2)9-10-31(18)19)22(35)29(3)25(38)30(4)23(26)36;/h6-7,11-12,19H,5,8-10,13-14H2,1-4H3,(H,27,33,37);1H. The topological polar surface area (TPSA) is 131 Å². The molecule has 0 saturated carbocycles. The molecule has 1 aromatic carbocycles. The second-order valence-corrected chi connectivity index (χ2v) is 10.3. The Labute approximate surface area is 231 Å². The van der Waals surface area contributed by atoms with E-state index >= 15 is 0 Å². The molecule has 1 unspecified atom stereocenters. The molecule has 4 aliphatic heterocycles. The number of fused-ring (bicyclic) bond motifs is 4. The number of barbiturate groups is 2. The summed E-state index contributed by atoms with van der Waals surface area (Å²) in [7, 11) is 4.71. The van der Waals surface area contributed by atoms with Gasteiger partial charge in [0.2, 0.25) is 11.8 Å². The molecular weight excluding hydrogens is 528 g/mol. The van der Waals surface area contributed by atoms with Crippen LogP contribution < -0.4 is 10.2 Å². The molecule has 0 aromatic heterocycles. The molecule has 1 N–H and O–H groups in total. The van der Waals surface area contributed by atoms with Gasteiger partial charge >= 0.3 is 12.1 Å². The van der Waals surface area contributed by atoms with Gasteiger partial charge in [-0.2, -0.15) is 0 Å². The molecule has 0 radical (unpaired) electrons. The lowest BCUT2D eigenvalue weighted by atomic mass is 9.67. The van der Waals surface area contributed by atoms with Crippen molar-refractivity contribution >= 4 is 59.9 Å². The molecule has 4 aliphatic rings. The zero-order valence-electron chi connectivity index (χ0n) is 22.2. The van der Waals surface area contributed by atoms with Crippen molar-refractivity contribution in [2.75, 3.05) is 52.2 Å². The molecule has 208 valence electrons. The first-order chi connectivity index (χ1) is 18.0. The SMILES string of the molecule is CCCN1C(=O)NC(=O)C(=Cc2ccc3c(c2)CC2(C(=O)N(C)C(=O)N(C)C2=O)C2CN(C)CCN32)C1=O.Cl. The van der Waals surface area contributed by atoms with Crippen molar-refractivity contribution in [2.45, 2.75) is 25.8 Å². The zero-order chi connectivity index (χ0) is 27.5. The van der Waals surface area contributed by atoms with Crippen molar-refractivity contribution in [1.29, 1.82) is 0 Å². The van der Waals surface area contributed by atoms with Crippen molar-refractivity contribution in [1.82, 2.24) is 24.9 Å². The molecule has 1 atom stereocenters. The number of amides is 8. The molecule has 39 heavy (non-hydrogen) atoms. The van der Waals surface area contributed by atoms with E-state index in [9.17, 15) is 28.8 Å². The Morgan fingerprint density at radius 1 is 1.00 bits per heavy atom. The number of carbonyl (C=O) groups is 6. The third kappa shape index (κ3) is 4.18. The minimum Gasteiger partial charge on any atom is -0.364 e. The predicted molar refractivity (Wildman–Crippen MR) is 143 cm³/mol. The number of hydrogen-bond donors (Lipinski definition) is 1. The normalized spacial score (nSPS) is 24.2. The number of halogens is 1. The number of anilines is 1. The first-order valence-corrected chi connectivity index (χ1v) is 12.6. The summed E-state index contributed by atoms with van der Waals surface area (Å²) in [4.78, 5) is 84.7. The maximum Gasteiger partial charge on any atom is 0.332 e. The monoisotopic (exact) mass is 558 g/mol. The quantitative estimate of drug-likeness (QED) is 0.326. The van der Waals surface area contributed by atoms with Crippen molar-refractivity contribution in [3.05, 3.63) is 34.9 Å². The predicted octanol–water partition coefficient (Wildman–Crippen LogP) is 0.694. The third-order valence-electron chi connectivity index (χ3n) is 7.92. The van der Waals surface area contributed by atoms with E-state index < -0.39 is 47.1 Å². The molecule has 0 bridgehead atoms. The highest BCUT2D eigenvalue weighted by Gasteiger charge is 2.63. The van der Waals surface area contributed by atoms with E-state index in [0.29, 0.717) is 30.6 Å². The van der Waals surface area contributed by atoms with Gasteiger partial charge < -0.3 is 9.80 Å². The third-order valence-corrected chi connectivity index (χ3v) is 7.92. The fraction of sp³-hybridized carbons (Fsp3) is 0.462. The van der Waals surface area contributed by atoms with Gasteiger partial charge in [-0.1, -0.05) is 13.0 Å². The Kier molecular flexibility index (Phi) is 7.30. The highest BCUT2D eigenvalue weighted by Crippen LogP contribution is 2.47. The van der Waals surface area contributed by atoms with Gasteiger partial charge in [-0.25, -0.2) is 9.59 Å². The first-order valence-electron chi connectivity index (χ1n) is 12.6. The van der Waals surface area contributed by atoms with E-state index in [0.717, 1.165) is 26.9 Å². The van der Waals surface area contributed by atoms with Gasteiger partial charge in [0.25, 0.3) is 11.8 Å². The number of nitrogens with zero attached hydrogens (tertiary/aromatic N) is 5. The van der Waals surface area contributed by atoms with Crippen molar-refractivity contribution in [3.8, 4) is 0 Å². The van der Waals surface area contributed by atoms with Gasteiger partial charge in [-0.15, -0.1) is 12.4 Å². The molecule has 3 saturated heterocycles. The van der Waals surface area contributed by atoms with Crippen LogP contribution >= 0.6 is 12.4 Å². The van der Waals surface area contributed by atoms with E-state index in [1.54, 1.807) is 12.1 Å². The molecule has 8 amide bonds. The minimum atomic E-state index is -1.51. The van der Waals surface area contributed by atoms with E-state index in [4.69, 9.17) is 0 Å². The van der Waals surface area contributed by atoms with Gasteiger partial charge in [0.15, 0.2) is 5.41 Å². The summed E-state index contributed by atoms with van der Waals surface area (Å²) in [5.74, 6) is -2.53. The molecule has 4 heterocycles. The maximum atomic E-state index is 13.7. The summed E-state index contributed by atoms with van der Waals surface area (Å²) in [5.41, 5.74) is 0.400. The number of rotatable bonds is 3. The molecule has 3 fully saturated rings. The number of carbonyl (C=O) groups excluding carboxylic acids is 6. The maximum absolute atomic E-state index is 13.7. The molecule has 12 nitrogen and oxygen atoms in total. The van der Waals surface area contributed by atoms with Gasteiger partial charge in [0.05, 0.1) is 6.04 Å². The van der Waals surface area contributed by atoms with Crippen LogP contribution in [-0.4, -0.2) is 109 Å². The number of urea groups is 2. The van der Waals surface area contributed by atoms with Crippen LogP contribution in [0.15, 0.2) is 23.8 Å². The van der Waals surface area contributed by atoms with Crippen molar-refractivity contribution in [2.24, 2.45) is 5.41 Å². The second-order valence-electron chi connectivity index (χ2n) is 10.3. The molecule has 13 heteroatoms. The zero-order valence-corrected chi connectivity index (χ0v) is 23.0. The van der Waals surface area contributed by atoms with Gasteiger partial charge in [-0.3, -0.25) is 39.2 Å². The van der Waals surface area contributed by atoms with Crippen molar-refractivity contribution < 1.29 is 28.8 Å². The van der Waals surface area contributed by atoms with E-state index in [1.807, 2.05) is 20.0 Å². The second kappa shape index (κ2) is 10.1. The van der Waals surface area contributed by atoms with Crippen LogP contribution in [0.25, 0.3) is 6.08 Å². The minimum absolute atomic E-state index is 0. The summed E-state index contributed by atoms with van der Waals surface area (Å²) >= 11 is 0. The van der Waals surface area contributed by atoms with Crippen molar-refractivity contribution in [3.63, 3.8) is 0 Å². The van der Waals surface area contributed by atoms with Crippen LogP contribution in [0.5, 0.6) is 0 Å². The Bertz CT molecular complexity index is 1300. The Hall–Kier alpha value is -3.77. The molecule has 0 aliphatic carbocycles. The smallest absolute Gasteiger partial charge is 0.332 e. The van der Waals surface area contributed by atoms with Crippen LogP contribution in [0, 0.1) is 5.41 Å². The largest absolute Gasteiger partial charge is 0.364 e. The molecule has 5 rings (SSSR count). The Morgan fingerprint density at radius 3 is 2.31 bits per heavy atom. The van der Waals surface area contributed by atoms with Gasteiger partial charge in [0, 0.05) is 46.0 Å². The van der Waals surface area contributed by atoms with Gasteiger partial charge in [-0.05, 0) is 49.2 Å². The van der Waals surface area contributed by atoms with Crippen LogP contribution in [0.4, 0.5) is 15.3 Å². The van der Waals surface area contributed by atoms with Crippen LogP contribution in [0.3, 0.4) is 0 Å². The lowest BCUT2D eigenvalue weighted by Gasteiger charge is -2.55. The fourth-order valence-corrected chi connectivity index (χ4v) is 5.98. The number of nitrogens with one attached hydrogen (secondary N) is 1. The first kappa shape index (κ1) is 28.2. The molecule has 1 aromatic rings. The lowest BCUT2D eigenvalue weighted by molar-refractivity contribution is -0.160. The Morgan fingerprint density at radius 2 is 1.67 bits per heavy atom. The fourth-order valence-electron chi connectivity index (χ4n) is 5.98. The molecular formula is C26H31ClN6O6. The summed E-state index contributed by atoms with van der Waals surface area (Å²) in [6.07, 6.45) is 2.03. The summed E-state index contributed by atoms with van der Waals surface area (Å²) in [6, 6.07) is 3.51. The number of benzene rings is 1. The summed E-state index contributed by atoms with van der Waals surface area (Å²) in [5, 5.41) is 2.20. The van der Waals surface area contributed by atoms with Crippen LogP contribution in [-0.2, 0) is 25.6 Å². The van der Waals surface area contributed by atoms with Crippen LogP contribution in [0.2, 0.25) is 0 Å². The number of piperazine rings is 1. The Balaban J connectivity index is 0.00000353. The summed E-state index contributed by atoms with van der Waals surface area (Å²) < 4.78 is 0. The van der Waals surface area contributed by atoms with E-state index in [-0.39, 0.29) is 30.9 Å². The van der Waals surface area contributed by atoms with Gasteiger partial charge in [0.1, 0.15) is 5.57 Å². The summed E-state index contributed by atoms with van der Waals surface area (Å²) in [6.45, 7) is 3.76. The van der Waals surface area contributed by atoms with E-state index in [2.05, 4.69) is 15.1 Å². The number of hydrogen-bond acceptors (Lipinski definition) is 8.